The summed E-state index contributed by atoms with van der Waals surface area (Å²) in [6.45, 7) is 9.92. The van der Waals surface area contributed by atoms with E-state index in [1.54, 1.807) is 6.08 Å². The predicted molar refractivity (Wildman–Crippen MR) is 98.9 cm³/mol. The van der Waals surface area contributed by atoms with Gasteiger partial charge in [-0.05, 0) is 52.9 Å². The summed E-state index contributed by atoms with van der Waals surface area (Å²) in [5.74, 6) is 0.301. The smallest absolute Gasteiger partial charge is 0.302 e. The van der Waals surface area contributed by atoms with Crippen LogP contribution in [0.25, 0.3) is 0 Å². The lowest BCUT2D eigenvalue weighted by Crippen LogP contribution is -1.97. The molecule has 0 fully saturated rings. The molecule has 0 saturated carbocycles. The first kappa shape index (κ1) is 24.5. The molecule has 7 nitrogen and oxygen atoms in total. The molecule has 9 heteroatoms. The fourth-order valence-corrected chi connectivity index (χ4v) is 3.77. The Kier molecular flexibility index (Phi) is 11.0. The van der Waals surface area contributed by atoms with Gasteiger partial charge in [-0.1, -0.05) is 41.9 Å². The van der Waals surface area contributed by atoms with E-state index < -0.39 is 15.6 Å². The van der Waals surface area contributed by atoms with E-state index in [1.807, 2.05) is 6.92 Å². The third kappa shape index (κ3) is 15.5. The lowest BCUT2D eigenvalue weighted by Gasteiger charge is -2.12. The van der Waals surface area contributed by atoms with Gasteiger partial charge in [0.15, 0.2) is 0 Å². The molecular formula is C16H30O7P2. The molecule has 0 aliphatic rings. The fraction of sp³-hybridized carbons (Fsp3) is 0.625. The third-order valence-corrected chi connectivity index (χ3v) is 5.33. The van der Waals surface area contributed by atoms with E-state index in [1.165, 1.54) is 11.1 Å². The van der Waals surface area contributed by atoms with Crippen molar-refractivity contribution < 1.29 is 32.6 Å². The number of hydrogen-bond donors (Lipinski definition) is 3. The van der Waals surface area contributed by atoms with E-state index in [0.717, 1.165) is 24.8 Å². The van der Waals surface area contributed by atoms with Gasteiger partial charge in [0.05, 0.1) is 6.61 Å². The molecule has 0 aliphatic carbocycles. The molecular weight excluding hydrogens is 366 g/mol. The van der Waals surface area contributed by atoms with E-state index in [-0.39, 0.29) is 6.61 Å². The maximum absolute atomic E-state index is 11.3. The fourth-order valence-electron chi connectivity index (χ4n) is 2.24. The largest absolute Gasteiger partial charge is 0.481 e. The highest BCUT2D eigenvalue weighted by molar-refractivity contribution is 7.60. The summed E-state index contributed by atoms with van der Waals surface area (Å²) in [4.78, 5) is 26.2. The Labute approximate surface area is 150 Å². The normalized spacial score (nSPS) is 17.1. The Hall–Kier alpha value is -0.520. The molecule has 0 rings (SSSR count). The van der Waals surface area contributed by atoms with E-state index >= 15 is 0 Å². The summed E-state index contributed by atoms with van der Waals surface area (Å²) >= 11 is 0. The lowest BCUT2D eigenvalue weighted by molar-refractivity contribution is 0.191. The highest BCUT2D eigenvalue weighted by Gasteiger charge is 2.31. The summed E-state index contributed by atoms with van der Waals surface area (Å²) in [6.07, 6.45) is 8.77. The van der Waals surface area contributed by atoms with Crippen LogP contribution in [0.2, 0.25) is 0 Å². The SMILES string of the molecule is CC(C)=CCC/C(C)=C/[C@@H](C)C/C(C)=C/COP(=O)(O)OP(=O)(O)O. The zero-order chi connectivity index (χ0) is 19.7. The van der Waals surface area contributed by atoms with Crippen LogP contribution in [0.1, 0.15) is 53.9 Å². The summed E-state index contributed by atoms with van der Waals surface area (Å²) in [5, 5.41) is 0. The van der Waals surface area contributed by atoms with Crippen molar-refractivity contribution in [2.45, 2.75) is 53.9 Å². The summed E-state index contributed by atoms with van der Waals surface area (Å²) in [5.41, 5.74) is 3.56. The predicted octanol–water partition coefficient (Wildman–Crippen LogP) is 4.88. The van der Waals surface area contributed by atoms with Gasteiger partial charge in [-0.25, -0.2) is 9.13 Å². The van der Waals surface area contributed by atoms with Crippen LogP contribution in [0, 0.1) is 5.92 Å². The standard InChI is InChI=1S/C16H30O7P2/c1-13(2)7-6-8-14(3)11-16(5)12-15(4)9-10-22-25(20,21)23-24(17,18)19/h7,9,11,16H,6,8,10,12H2,1-5H3,(H,20,21)(H2,17,18,19)/b14-11+,15-9+/t16-/m1/s1. The number of phosphoric ester groups is 1. The molecule has 3 N–H and O–H groups in total. The Morgan fingerprint density at radius 1 is 1.04 bits per heavy atom. The van der Waals surface area contributed by atoms with Crippen molar-refractivity contribution in [1.29, 1.82) is 0 Å². The van der Waals surface area contributed by atoms with Crippen LogP contribution in [-0.4, -0.2) is 21.3 Å². The van der Waals surface area contributed by atoms with Crippen molar-refractivity contribution >= 4 is 15.6 Å². The molecule has 0 aliphatic heterocycles. The topological polar surface area (TPSA) is 113 Å². The van der Waals surface area contributed by atoms with E-state index in [4.69, 9.17) is 14.7 Å². The van der Waals surface area contributed by atoms with E-state index in [2.05, 4.69) is 48.7 Å². The molecule has 0 heterocycles. The molecule has 0 spiro atoms. The average Bonchev–Trinajstić information content (AvgIpc) is 2.33. The van der Waals surface area contributed by atoms with Crippen molar-refractivity contribution in [1.82, 2.24) is 0 Å². The molecule has 2 atom stereocenters. The van der Waals surface area contributed by atoms with Gasteiger partial charge < -0.3 is 14.7 Å². The Bertz CT molecular complexity index is 598. The first-order valence-corrected chi connectivity index (χ1v) is 11.0. The Morgan fingerprint density at radius 2 is 1.64 bits per heavy atom. The van der Waals surface area contributed by atoms with Gasteiger partial charge in [0.1, 0.15) is 0 Å². The highest BCUT2D eigenvalue weighted by atomic mass is 31.3. The van der Waals surface area contributed by atoms with Crippen molar-refractivity contribution in [3.63, 3.8) is 0 Å². The first-order valence-electron chi connectivity index (χ1n) is 8.01. The summed E-state index contributed by atoms with van der Waals surface area (Å²) in [7, 11) is -9.85. The van der Waals surface area contributed by atoms with Crippen LogP contribution in [-0.2, 0) is 18.0 Å². The highest BCUT2D eigenvalue weighted by Crippen LogP contribution is 2.57. The second kappa shape index (κ2) is 11.2. The number of allylic oxidation sites excluding steroid dienone is 5. The number of hydrogen-bond acceptors (Lipinski definition) is 4. The molecule has 1 unspecified atom stereocenters. The molecule has 0 saturated heterocycles. The zero-order valence-electron chi connectivity index (χ0n) is 15.5. The Balaban J connectivity index is 4.41. The van der Waals surface area contributed by atoms with Crippen molar-refractivity contribution in [2.24, 2.45) is 5.92 Å². The maximum atomic E-state index is 11.3. The van der Waals surface area contributed by atoms with Crippen LogP contribution in [0.15, 0.2) is 34.9 Å². The zero-order valence-corrected chi connectivity index (χ0v) is 17.3. The van der Waals surface area contributed by atoms with E-state index in [0.29, 0.717) is 5.92 Å². The molecule has 0 aromatic heterocycles. The van der Waals surface area contributed by atoms with Gasteiger partial charge in [0.25, 0.3) is 0 Å². The minimum Gasteiger partial charge on any atom is -0.302 e. The van der Waals surface area contributed by atoms with Crippen LogP contribution in [0.4, 0.5) is 0 Å². The van der Waals surface area contributed by atoms with Crippen LogP contribution in [0.3, 0.4) is 0 Å². The molecule has 0 radical (unpaired) electrons. The maximum Gasteiger partial charge on any atom is 0.481 e. The average molecular weight is 396 g/mol. The number of rotatable bonds is 11. The van der Waals surface area contributed by atoms with Gasteiger partial charge in [-0.2, -0.15) is 4.31 Å². The van der Waals surface area contributed by atoms with Crippen molar-refractivity contribution in [2.75, 3.05) is 6.61 Å². The minimum absolute atomic E-state index is 0.268. The first-order chi connectivity index (χ1) is 11.3. The summed E-state index contributed by atoms with van der Waals surface area (Å²) in [6, 6.07) is 0. The quantitative estimate of drug-likeness (QED) is 0.337. The van der Waals surface area contributed by atoms with Gasteiger partial charge in [-0.3, -0.25) is 4.52 Å². The van der Waals surface area contributed by atoms with Crippen molar-refractivity contribution in [3.05, 3.63) is 34.9 Å². The molecule has 25 heavy (non-hydrogen) atoms. The molecule has 0 aromatic carbocycles. The van der Waals surface area contributed by atoms with Gasteiger partial charge in [-0.15, -0.1) is 0 Å². The summed E-state index contributed by atoms with van der Waals surface area (Å²) < 4.78 is 30.1. The molecule has 146 valence electrons. The van der Waals surface area contributed by atoms with Gasteiger partial charge >= 0.3 is 15.6 Å². The number of phosphoric acid groups is 2. The Morgan fingerprint density at radius 3 is 2.16 bits per heavy atom. The van der Waals surface area contributed by atoms with Gasteiger partial charge in [0, 0.05) is 0 Å². The molecule has 0 amide bonds. The monoisotopic (exact) mass is 396 g/mol. The lowest BCUT2D eigenvalue weighted by atomic mass is 9.98. The van der Waals surface area contributed by atoms with Crippen LogP contribution in [0.5, 0.6) is 0 Å². The van der Waals surface area contributed by atoms with Crippen molar-refractivity contribution in [3.8, 4) is 0 Å². The molecule has 0 bridgehead atoms. The van der Waals surface area contributed by atoms with Gasteiger partial charge in [0.2, 0.25) is 0 Å². The third-order valence-electron chi connectivity index (χ3n) is 3.18. The second-order valence-corrected chi connectivity index (χ2v) is 9.23. The van der Waals surface area contributed by atoms with Crippen LogP contribution >= 0.6 is 15.6 Å². The van der Waals surface area contributed by atoms with Crippen LogP contribution < -0.4 is 0 Å². The minimum atomic E-state index is -5.08. The second-order valence-electron chi connectivity index (χ2n) is 6.40. The molecule has 0 aromatic rings. The van der Waals surface area contributed by atoms with E-state index in [9.17, 15) is 9.13 Å².